The van der Waals surface area contributed by atoms with Gasteiger partial charge in [0.25, 0.3) is 11.8 Å². The largest absolute Gasteiger partial charge is 0.497 e. The van der Waals surface area contributed by atoms with Gasteiger partial charge in [-0.25, -0.2) is 4.79 Å². The highest BCUT2D eigenvalue weighted by atomic mass is 35.5. The Kier molecular flexibility index (Phi) is 5.65. The molecular weight excluding hydrogens is 398 g/mol. The minimum Gasteiger partial charge on any atom is -0.497 e. The van der Waals surface area contributed by atoms with Crippen molar-refractivity contribution in [2.45, 2.75) is 25.5 Å². The van der Waals surface area contributed by atoms with Gasteiger partial charge in [0.2, 0.25) is 0 Å². The Hall–Kier alpha value is -3.26. The van der Waals surface area contributed by atoms with Crippen molar-refractivity contribution in [1.29, 1.82) is 0 Å². The zero-order valence-electron chi connectivity index (χ0n) is 16.1. The number of rotatable bonds is 6. The summed E-state index contributed by atoms with van der Waals surface area (Å²) < 4.78 is 10.6. The number of hydrazine groups is 1. The predicted molar refractivity (Wildman–Crippen MR) is 105 cm³/mol. The molecule has 0 aromatic heterocycles. The summed E-state index contributed by atoms with van der Waals surface area (Å²) in [5.41, 5.74) is 1.55. The van der Waals surface area contributed by atoms with E-state index in [4.69, 9.17) is 21.1 Å². The lowest BCUT2D eigenvalue weighted by molar-refractivity contribution is -0.141. The molecule has 0 unspecified atom stereocenters. The third kappa shape index (κ3) is 4.12. The van der Waals surface area contributed by atoms with Crippen LogP contribution in [0.25, 0.3) is 0 Å². The lowest BCUT2D eigenvalue weighted by Gasteiger charge is -2.23. The van der Waals surface area contributed by atoms with E-state index in [2.05, 4.69) is 10.7 Å². The van der Waals surface area contributed by atoms with Crippen molar-refractivity contribution in [3.05, 3.63) is 59.1 Å². The van der Waals surface area contributed by atoms with Gasteiger partial charge in [0.15, 0.2) is 6.10 Å². The van der Waals surface area contributed by atoms with Crippen LogP contribution >= 0.6 is 11.6 Å². The molecule has 1 aliphatic rings. The molecule has 0 aliphatic carbocycles. The van der Waals surface area contributed by atoms with Crippen molar-refractivity contribution in [2.75, 3.05) is 7.11 Å². The molecule has 2 atom stereocenters. The van der Waals surface area contributed by atoms with Crippen molar-refractivity contribution < 1.29 is 23.9 Å². The van der Waals surface area contributed by atoms with Crippen LogP contribution in [-0.2, 0) is 15.1 Å². The van der Waals surface area contributed by atoms with Gasteiger partial charge in [-0.2, -0.15) is 5.01 Å². The standard InChI is InChI=1S/C20H20ClN3O5/c1-12(29-16-10-6-14(21)7-11-16)17(25)23-24-18(26)20(2,22-19(24)27)13-4-8-15(28-3)9-5-13/h4-12H,1-3H3,(H,22,27)(H,23,25)/t12-,20+/m1/s1. The fraction of sp³-hybridized carbons (Fsp3) is 0.250. The number of urea groups is 1. The summed E-state index contributed by atoms with van der Waals surface area (Å²) in [6.07, 6.45) is -0.954. The molecule has 8 nitrogen and oxygen atoms in total. The molecule has 2 aromatic carbocycles. The number of hydrogen-bond donors (Lipinski definition) is 2. The van der Waals surface area contributed by atoms with Gasteiger partial charge < -0.3 is 14.8 Å². The van der Waals surface area contributed by atoms with Gasteiger partial charge in [0.1, 0.15) is 17.0 Å². The number of nitrogens with one attached hydrogen (secondary N) is 2. The van der Waals surface area contributed by atoms with Gasteiger partial charge in [-0.3, -0.25) is 15.0 Å². The van der Waals surface area contributed by atoms with Crippen molar-refractivity contribution in [2.24, 2.45) is 0 Å². The van der Waals surface area contributed by atoms with Gasteiger partial charge in [0.05, 0.1) is 7.11 Å². The van der Waals surface area contributed by atoms with E-state index in [0.717, 1.165) is 0 Å². The average Bonchev–Trinajstić information content (AvgIpc) is 2.93. The molecular formula is C20H20ClN3O5. The highest BCUT2D eigenvalue weighted by Crippen LogP contribution is 2.29. The molecule has 3 rings (SSSR count). The Morgan fingerprint density at radius 3 is 2.28 bits per heavy atom. The molecule has 1 fully saturated rings. The van der Waals surface area contributed by atoms with E-state index in [1.165, 1.54) is 14.0 Å². The molecule has 0 saturated carbocycles. The fourth-order valence-electron chi connectivity index (χ4n) is 2.83. The first kappa shape index (κ1) is 20.5. The molecule has 1 saturated heterocycles. The van der Waals surface area contributed by atoms with E-state index in [1.54, 1.807) is 55.5 Å². The highest BCUT2D eigenvalue weighted by molar-refractivity contribution is 6.30. The molecule has 9 heteroatoms. The Morgan fingerprint density at radius 1 is 1.10 bits per heavy atom. The van der Waals surface area contributed by atoms with E-state index in [1.807, 2.05) is 0 Å². The number of carbonyl (C=O) groups is 3. The number of nitrogens with zero attached hydrogens (tertiary/aromatic N) is 1. The second kappa shape index (κ2) is 8.00. The van der Waals surface area contributed by atoms with Crippen LogP contribution in [0.5, 0.6) is 11.5 Å². The maximum Gasteiger partial charge on any atom is 0.344 e. The van der Waals surface area contributed by atoms with Crippen LogP contribution in [0, 0.1) is 0 Å². The normalized spacial score (nSPS) is 19.5. The Balaban J connectivity index is 1.70. The summed E-state index contributed by atoms with van der Waals surface area (Å²) in [7, 11) is 1.53. The number of imide groups is 1. The highest BCUT2D eigenvalue weighted by Gasteiger charge is 2.50. The molecule has 0 radical (unpaired) electrons. The number of benzene rings is 2. The van der Waals surface area contributed by atoms with Gasteiger partial charge in [0, 0.05) is 5.02 Å². The van der Waals surface area contributed by atoms with Crippen LogP contribution in [0.1, 0.15) is 19.4 Å². The van der Waals surface area contributed by atoms with Crippen molar-refractivity contribution in [1.82, 2.24) is 15.8 Å². The Labute approximate surface area is 172 Å². The summed E-state index contributed by atoms with van der Waals surface area (Å²) in [5.74, 6) is -0.216. The van der Waals surface area contributed by atoms with E-state index in [9.17, 15) is 14.4 Å². The molecule has 0 bridgehead atoms. The van der Waals surface area contributed by atoms with Crippen LogP contribution in [0.15, 0.2) is 48.5 Å². The molecule has 4 amide bonds. The second-order valence-corrected chi connectivity index (χ2v) is 7.05. The lowest BCUT2D eigenvalue weighted by atomic mass is 9.92. The third-order valence-corrected chi connectivity index (χ3v) is 4.83. The number of ether oxygens (including phenoxy) is 2. The zero-order valence-corrected chi connectivity index (χ0v) is 16.8. The third-order valence-electron chi connectivity index (χ3n) is 4.58. The number of halogens is 1. The number of carbonyl (C=O) groups excluding carboxylic acids is 3. The maximum absolute atomic E-state index is 12.9. The average molecular weight is 418 g/mol. The first-order chi connectivity index (χ1) is 13.7. The topological polar surface area (TPSA) is 97.0 Å². The molecule has 1 aliphatic heterocycles. The number of hydrogen-bond acceptors (Lipinski definition) is 5. The van der Waals surface area contributed by atoms with Crippen LogP contribution < -0.4 is 20.2 Å². The van der Waals surface area contributed by atoms with Gasteiger partial charge in [-0.05, 0) is 55.8 Å². The van der Waals surface area contributed by atoms with Crippen molar-refractivity contribution in [3.63, 3.8) is 0 Å². The number of methoxy groups -OCH3 is 1. The first-order valence-corrected chi connectivity index (χ1v) is 9.16. The van der Waals surface area contributed by atoms with Crippen LogP contribution in [0.4, 0.5) is 4.79 Å². The summed E-state index contributed by atoms with van der Waals surface area (Å²) in [5, 5.41) is 3.81. The van der Waals surface area contributed by atoms with Gasteiger partial charge in [-0.1, -0.05) is 23.7 Å². The van der Waals surface area contributed by atoms with Crippen molar-refractivity contribution in [3.8, 4) is 11.5 Å². The SMILES string of the molecule is COc1ccc([C@]2(C)NC(=O)N(NC(=O)[C@@H](C)Oc3ccc(Cl)cc3)C2=O)cc1. The Bertz CT molecular complexity index is 932. The molecule has 0 spiro atoms. The molecule has 1 heterocycles. The summed E-state index contributed by atoms with van der Waals surface area (Å²) in [4.78, 5) is 37.7. The smallest absolute Gasteiger partial charge is 0.344 e. The fourth-order valence-corrected chi connectivity index (χ4v) is 2.96. The van der Waals surface area contributed by atoms with Crippen LogP contribution in [-0.4, -0.2) is 36.1 Å². The van der Waals surface area contributed by atoms with E-state index >= 15 is 0 Å². The van der Waals surface area contributed by atoms with Crippen molar-refractivity contribution >= 4 is 29.4 Å². The summed E-state index contributed by atoms with van der Waals surface area (Å²) in [6.45, 7) is 3.07. The number of amides is 4. The zero-order chi connectivity index (χ0) is 21.2. The second-order valence-electron chi connectivity index (χ2n) is 6.61. The molecule has 2 aromatic rings. The quantitative estimate of drug-likeness (QED) is 0.704. The summed E-state index contributed by atoms with van der Waals surface area (Å²) in [6, 6.07) is 12.5. The molecule has 152 valence electrons. The van der Waals surface area contributed by atoms with Gasteiger partial charge in [-0.15, -0.1) is 0 Å². The van der Waals surface area contributed by atoms with Crippen LogP contribution in [0.3, 0.4) is 0 Å². The molecule has 2 N–H and O–H groups in total. The monoisotopic (exact) mass is 417 g/mol. The first-order valence-electron chi connectivity index (χ1n) is 8.78. The summed E-state index contributed by atoms with van der Waals surface area (Å²) >= 11 is 5.82. The molecule has 29 heavy (non-hydrogen) atoms. The van der Waals surface area contributed by atoms with Crippen LogP contribution in [0.2, 0.25) is 5.02 Å². The van der Waals surface area contributed by atoms with E-state index < -0.39 is 29.5 Å². The van der Waals surface area contributed by atoms with E-state index in [0.29, 0.717) is 27.1 Å². The Morgan fingerprint density at radius 2 is 1.69 bits per heavy atom. The minimum atomic E-state index is -1.32. The van der Waals surface area contributed by atoms with Gasteiger partial charge >= 0.3 is 6.03 Å². The minimum absolute atomic E-state index is 0.428. The van der Waals surface area contributed by atoms with E-state index in [-0.39, 0.29) is 0 Å². The predicted octanol–water partition coefficient (Wildman–Crippen LogP) is 2.61. The lowest BCUT2D eigenvalue weighted by Crippen LogP contribution is -2.51. The maximum atomic E-state index is 12.9.